The summed E-state index contributed by atoms with van der Waals surface area (Å²) in [6.45, 7) is 6.33. The van der Waals surface area contributed by atoms with Crippen molar-refractivity contribution in [3.63, 3.8) is 0 Å². The van der Waals surface area contributed by atoms with Crippen molar-refractivity contribution in [1.82, 2.24) is 9.13 Å². The number of unbranched alkanes of at least 4 members (excludes halogenated alkanes) is 1. The summed E-state index contributed by atoms with van der Waals surface area (Å²) in [5, 5.41) is 13.7. The second-order valence-corrected chi connectivity index (χ2v) is 6.84. The average Bonchev–Trinajstić information content (AvgIpc) is 2.55. The molecule has 0 aliphatic carbocycles. The largest absolute Gasteiger partial charge is 0.395 e. The van der Waals surface area contributed by atoms with E-state index in [9.17, 15) is 9.90 Å². The first-order valence-corrected chi connectivity index (χ1v) is 9.38. The summed E-state index contributed by atoms with van der Waals surface area (Å²) in [5.41, 5.74) is 1.32. The summed E-state index contributed by atoms with van der Waals surface area (Å²) in [7, 11) is 1.66. The summed E-state index contributed by atoms with van der Waals surface area (Å²) >= 11 is 7.20. The molecule has 1 heterocycles. The Morgan fingerprint density at radius 3 is 2.65 bits per heavy atom. The monoisotopic (exact) mass is 357 g/mol. The highest BCUT2D eigenvalue weighted by Crippen LogP contribution is 2.24. The summed E-state index contributed by atoms with van der Waals surface area (Å²) in [6, 6.07) is 0. The molecule has 0 atom stereocenters. The normalized spacial score (nSPS) is 11.8. The van der Waals surface area contributed by atoms with Gasteiger partial charge in [0.05, 0.1) is 23.9 Å². The molecule has 1 aromatic heterocycles. The van der Waals surface area contributed by atoms with Crippen molar-refractivity contribution in [3.05, 3.63) is 31.9 Å². The maximum Gasteiger partial charge on any atom is 0.329 e. The number of nitrogens with one attached hydrogen (secondary N) is 1. The van der Waals surface area contributed by atoms with Gasteiger partial charge in [-0.3, -0.25) is 9.13 Å². The summed E-state index contributed by atoms with van der Waals surface area (Å²) in [4.78, 5) is 12.3. The number of aromatic nitrogens is 2. The van der Waals surface area contributed by atoms with E-state index in [1.165, 1.54) is 4.57 Å². The summed E-state index contributed by atoms with van der Waals surface area (Å²) < 4.78 is 3.49. The molecule has 0 saturated heterocycles. The van der Waals surface area contributed by atoms with Crippen LogP contribution in [-0.2, 0) is 13.6 Å². The van der Waals surface area contributed by atoms with Crippen LogP contribution in [-0.4, -0.2) is 26.6 Å². The Hall–Kier alpha value is -1.05. The predicted octanol–water partition coefficient (Wildman–Crippen LogP) is 3.41. The summed E-state index contributed by atoms with van der Waals surface area (Å²) in [5.74, 6) is 1.02. The van der Waals surface area contributed by atoms with Crippen LogP contribution in [0.4, 0.5) is 5.69 Å². The first-order chi connectivity index (χ1) is 11.0. The fraction of sp³-hybridized carbons (Fsp3) is 0.625. The van der Waals surface area contributed by atoms with Gasteiger partial charge < -0.3 is 10.4 Å². The van der Waals surface area contributed by atoms with E-state index in [1.807, 2.05) is 6.92 Å². The van der Waals surface area contributed by atoms with E-state index >= 15 is 0 Å². The third-order valence-corrected chi connectivity index (χ3v) is 5.13. The van der Waals surface area contributed by atoms with E-state index in [0.29, 0.717) is 4.64 Å². The molecule has 0 fully saturated rings. The van der Waals surface area contributed by atoms with Crippen LogP contribution >= 0.6 is 24.0 Å². The molecule has 0 aromatic carbocycles. The van der Waals surface area contributed by atoms with E-state index in [-0.39, 0.29) is 18.8 Å². The number of nitrogens with zero attached hydrogens (tertiary/aromatic N) is 2. The molecular weight excluding hydrogens is 330 g/mol. The molecule has 1 rings (SSSR count). The van der Waals surface area contributed by atoms with Gasteiger partial charge in [0.2, 0.25) is 0 Å². The minimum absolute atomic E-state index is 0.0833. The van der Waals surface area contributed by atoms with E-state index in [2.05, 4.69) is 25.2 Å². The molecule has 0 radical (unpaired) electrons. The molecular formula is C16H27N3O2S2. The molecule has 0 saturated carbocycles. The van der Waals surface area contributed by atoms with Crippen molar-refractivity contribution < 1.29 is 5.11 Å². The molecule has 0 aliphatic rings. The highest BCUT2D eigenvalue weighted by Gasteiger charge is 2.13. The van der Waals surface area contributed by atoms with Gasteiger partial charge in [0, 0.05) is 12.7 Å². The molecule has 0 unspecified atom stereocenters. The summed E-state index contributed by atoms with van der Waals surface area (Å²) in [6.07, 6.45) is 5.34. The van der Waals surface area contributed by atoms with Crippen molar-refractivity contribution in [1.29, 1.82) is 0 Å². The van der Waals surface area contributed by atoms with Gasteiger partial charge in [0.1, 0.15) is 4.64 Å². The Labute approximate surface area is 147 Å². The lowest BCUT2D eigenvalue weighted by atomic mass is 10.3. The van der Waals surface area contributed by atoms with Crippen molar-refractivity contribution in [2.75, 3.05) is 17.7 Å². The third-order valence-electron chi connectivity index (χ3n) is 3.45. The number of allylic oxidation sites excluding steroid dienone is 1. The Kier molecular flexibility index (Phi) is 8.65. The van der Waals surface area contributed by atoms with Crippen LogP contribution in [0, 0.1) is 11.6 Å². The zero-order chi connectivity index (χ0) is 17.4. The smallest absolute Gasteiger partial charge is 0.329 e. The van der Waals surface area contributed by atoms with Gasteiger partial charge in [-0.1, -0.05) is 38.6 Å². The van der Waals surface area contributed by atoms with Crippen LogP contribution in [0.3, 0.4) is 0 Å². The van der Waals surface area contributed by atoms with Crippen LogP contribution in [0.2, 0.25) is 0 Å². The topological polar surface area (TPSA) is 59.2 Å². The molecule has 2 N–H and O–H groups in total. The number of anilines is 1. The fourth-order valence-corrected chi connectivity index (χ4v) is 3.24. The van der Waals surface area contributed by atoms with Gasteiger partial charge in [0.25, 0.3) is 0 Å². The van der Waals surface area contributed by atoms with Gasteiger partial charge >= 0.3 is 5.69 Å². The van der Waals surface area contributed by atoms with E-state index in [1.54, 1.807) is 23.4 Å². The molecule has 23 heavy (non-hydrogen) atoms. The molecule has 1 aromatic rings. The molecule has 130 valence electrons. The number of hydrogen-bond acceptors (Lipinski definition) is 5. The van der Waals surface area contributed by atoms with E-state index < -0.39 is 0 Å². The molecule has 0 spiro atoms. The van der Waals surface area contributed by atoms with Crippen molar-refractivity contribution in [2.45, 2.75) is 46.6 Å². The third kappa shape index (κ3) is 5.22. The average molecular weight is 358 g/mol. The molecule has 0 bridgehead atoms. The molecule has 0 amide bonds. The fourth-order valence-electron chi connectivity index (χ4n) is 2.13. The van der Waals surface area contributed by atoms with Crippen LogP contribution in [0.5, 0.6) is 0 Å². The van der Waals surface area contributed by atoms with Gasteiger partial charge in [-0.15, -0.1) is 11.8 Å². The SMILES string of the molecule is CCC/C=C(/Nc1c(C)n(CCO)c(=O)n(C)c1=S)SCCC. The minimum atomic E-state index is -0.201. The molecule has 5 nitrogen and oxygen atoms in total. The lowest BCUT2D eigenvalue weighted by Crippen LogP contribution is -2.33. The van der Waals surface area contributed by atoms with Crippen molar-refractivity contribution in [2.24, 2.45) is 7.05 Å². The van der Waals surface area contributed by atoms with Crippen LogP contribution in [0.15, 0.2) is 15.9 Å². The van der Waals surface area contributed by atoms with Gasteiger partial charge in [-0.2, -0.15) is 0 Å². The molecule has 0 aliphatic heterocycles. The van der Waals surface area contributed by atoms with Crippen LogP contribution in [0.25, 0.3) is 0 Å². The highest BCUT2D eigenvalue weighted by molar-refractivity contribution is 8.03. The van der Waals surface area contributed by atoms with E-state index in [4.69, 9.17) is 12.2 Å². The Morgan fingerprint density at radius 2 is 2.09 bits per heavy atom. The zero-order valence-corrected chi connectivity index (χ0v) is 16.0. The number of thioether (sulfide) groups is 1. The zero-order valence-electron chi connectivity index (χ0n) is 14.4. The number of aliphatic hydroxyl groups excluding tert-OH is 1. The van der Waals surface area contributed by atoms with Gasteiger partial charge in [0.15, 0.2) is 0 Å². The highest BCUT2D eigenvalue weighted by atomic mass is 32.2. The van der Waals surface area contributed by atoms with Gasteiger partial charge in [-0.05, 0) is 25.5 Å². The number of aliphatic hydroxyl groups is 1. The predicted molar refractivity (Wildman–Crippen MR) is 102 cm³/mol. The first-order valence-electron chi connectivity index (χ1n) is 7.99. The first kappa shape index (κ1) is 20.0. The van der Waals surface area contributed by atoms with Crippen molar-refractivity contribution >= 4 is 29.7 Å². The van der Waals surface area contributed by atoms with Crippen molar-refractivity contribution in [3.8, 4) is 0 Å². The second-order valence-electron chi connectivity index (χ2n) is 5.31. The van der Waals surface area contributed by atoms with Gasteiger partial charge in [-0.25, -0.2) is 4.79 Å². The second kappa shape index (κ2) is 9.95. The lowest BCUT2D eigenvalue weighted by molar-refractivity contribution is 0.271. The Balaban J connectivity index is 3.29. The minimum Gasteiger partial charge on any atom is -0.395 e. The lowest BCUT2D eigenvalue weighted by Gasteiger charge is -2.18. The van der Waals surface area contributed by atoms with Crippen LogP contribution < -0.4 is 11.0 Å². The van der Waals surface area contributed by atoms with E-state index in [0.717, 1.165) is 41.4 Å². The maximum absolute atomic E-state index is 12.3. The Morgan fingerprint density at radius 1 is 1.39 bits per heavy atom. The van der Waals surface area contributed by atoms with Crippen LogP contribution in [0.1, 0.15) is 38.8 Å². The maximum atomic E-state index is 12.3. The quantitative estimate of drug-likeness (QED) is 0.663. The molecule has 7 heteroatoms. The number of rotatable bonds is 9. The number of hydrogen-bond donors (Lipinski definition) is 2. The Bertz CT molecular complexity index is 663. The standard InChI is InChI=1S/C16H27N3O2S2/c1-5-7-8-13(23-11-6-2)17-14-12(3)19(9-10-20)16(21)18(4)15(14)22/h8,17,20H,5-7,9-11H2,1-4H3/b13-8-.